The van der Waals surface area contributed by atoms with Crippen LogP contribution < -0.4 is 10.1 Å². The summed E-state index contributed by atoms with van der Waals surface area (Å²) in [6, 6.07) is 8.43. The Morgan fingerprint density at radius 1 is 1.32 bits per heavy atom. The largest absolute Gasteiger partial charge is 0.494 e. The van der Waals surface area contributed by atoms with Crippen LogP contribution in [0.2, 0.25) is 0 Å². The third-order valence-electron chi connectivity index (χ3n) is 3.08. The molecule has 0 fully saturated rings. The predicted molar refractivity (Wildman–Crippen MR) is 77.6 cm³/mol. The standard InChI is InChI=1S/C15H21N3O/c1-5-19-14-8-6-13(7-9-14)11(2)16-15-10-18(4)17-12(15)3/h6-11,16H,5H2,1-4H3. The molecule has 0 saturated heterocycles. The number of benzene rings is 1. The van der Waals surface area contributed by atoms with Crippen LogP contribution in [0.3, 0.4) is 0 Å². The fourth-order valence-corrected chi connectivity index (χ4v) is 2.08. The van der Waals surface area contributed by atoms with Gasteiger partial charge in [-0.05, 0) is 38.5 Å². The van der Waals surface area contributed by atoms with Crippen LogP contribution in [0.5, 0.6) is 5.75 Å². The van der Waals surface area contributed by atoms with Crippen molar-refractivity contribution >= 4 is 5.69 Å². The average Bonchev–Trinajstić information content (AvgIpc) is 2.69. The minimum Gasteiger partial charge on any atom is -0.494 e. The van der Waals surface area contributed by atoms with Crippen molar-refractivity contribution in [1.29, 1.82) is 0 Å². The van der Waals surface area contributed by atoms with Crippen molar-refractivity contribution in [3.63, 3.8) is 0 Å². The monoisotopic (exact) mass is 259 g/mol. The van der Waals surface area contributed by atoms with Gasteiger partial charge in [0.25, 0.3) is 0 Å². The molecule has 19 heavy (non-hydrogen) atoms. The van der Waals surface area contributed by atoms with Gasteiger partial charge in [0.15, 0.2) is 0 Å². The molecule has 4 heteroatoms. The Morgan fingerprint density at radius 2 is 2.00 bits per heavy atom. The topological polar surface area (TPSA) is 39.1 Å². The van der Waals surface area contributed by atoms with Crippen molar-refractivity contribution in [2.24, 2.45) is 7.05 Å². The zero-order valence-corrected chi connectivity index (χ0v) is 12.0. The van der Waals surface area contributed by atoms with E-state index in [0.29, 0.717) is 6.61 Å². The number of anilines is 1. The van der Waals surface area contributed by atoms with Crippen LogP contribution in [-0.4, -0.2) is 16.4 Å². The molecule has 0 amide bonds. The van der Waals surface area contributed by atoms with Gasteiger partial charge in [-0.2, -0.15) is 5.10 Å². The van der Waals surface area contributed by atoms with E-state index < -0.39 is 0 Å². The molecule has 0 aliphatic rings. The van der Waals surface area contributed by atoms with Crippen molar-refractivity contribution in [1.82, 2.24) is 9.78 Å². The second-order valence-electron chi connectivity index (χ2n) is 4.67. The van der Waals surface area contributed by atoms with Gasteiger partial charge in [-0.1, -0.05) is 12.1 Å². The van der Waals surface area contributed by atoms with E-state index in [2.05, 4.69) is 29.5 Å². The molecular weight excluding hydrogens is 238 g/mol. The van der Waals surface area contributed by atoms with Crippen molar-refractivity contribution < 1.29 is 4.74 Å². The highest BCUT2D eigenvalue weighted by Crippen LogP contribution is 2.23. The van der Waals surface area contributed by atoms with E-state index >= 15 is 0 Å². The summed E-state index contributed by atoms with van der Waals surface area (Å²) < 4.78 is 7.27. The Labute approximate surface area is 114 Å². The number of nitrogens with one attached hydrogen (secondary N) is 1. The number of ether oxygens (including phenoxy) is 1. The zero-order chi connectivity index (χ0) is 13.8. The quantitative estimate of drug-likeness (QED) is 0.895. The summed E-state index contributed by atoms with van der Waals surface area (Å²) in [5.74, 6) is 0.913. The zero-order valence-electron chi connectivity index (χ0n) is 12.0. The van der Waals surface area contributed by atoms with E-state index in [4.69, 9.17) is 4.74 Å². The first-order valence-electron chi connectivity index (χ1n) is 6.59. The highest BCUT2D eigenvalue weighted by Gasteiger charge is 2.09. The average molecular weight is 259 g/mol. The number of aryl methyl sites for hydroxylation is 2. The second-order valence-corrected chi connectivity index (χ2v) is 4.67. The molecule has 0 aliphatic carbocycles. The van der Waals surface area contributed by atoms with E-state index in [0.717, 1.165) is 17.1 Å². The normalized spacial score (nSPS) is 12.2. The lowest BCUT2D eigenvalue weighted by Gasteiger charge is -2.15. The molecule has 0 bridgehead atoms. The van der Waals surface area contributed by atoms with Crippen LogP contribution >= 0.6 is 0 Å². The summed E-state index contributed by atoms with van der Waals surface area (Å²) in [4.78, 5) is 0. The fraction of sp³-hybridized carbons (Fsp3) is 0.400. The molecule has 0 radical (unpaired) electrons. The molecule has 0 spiro atoms. The van der Waals surface area contributed by atoms with Gasteiger partial charge in [-0.3, -0.25) is 4.68 Å². The molecule has 1 aromatic carbocycles. The van der Waals surface area contributed by atoms with Crippen molar-refractivity contribution in [3.8, 4) is 5.75 Å². The van der Waals surface area contributed by atoms with Gasteiger partial charge in [-0.25, -0.2) is 0 Å². The number of nitrogens with zero attached hydrogens (tertiary/aromatic N) is 2. The first kappa shape index (κ1) is 13.5. The molecule has 1 atom stereocenters. The first-order valence-corrected chi connectivity index (χ1v) is 6.59. The predicted octanol–water partition coefficient (Wildman–Crippen LogP) is 3.30. The third kappa shape index (κ3) is 3.28. The Bertz CT molecular complexity index is 531. The Kier molecular flexibility index (Phi) is 4.10. The molecule has 1 aromatic heterocycles. The molecule has 2 rings (SSSR count). The third-order valence-corrected chi connectivity index (χ3v) is 3.08. The Morgan fingerprint density at radius 3 is 2.53 bits per heavy atom. The van der Waals surface area contributed by atoms with E-state index in [1.165, 1.54) is 5.56 Å². The Hall–Kier alpha value is -1.97. The van der Waals surface area contributed by atoms with Crippen LogP contribution in [0, 0.1) is 6.92 Å². The number of hydrogen-bond donors (Lipinski definition) is 1. The molecule has 102 valence electrons. The van der Waals surface area contributed by atoms with Crippen LogP contribution in [0.4, 0.5) is 5.69 Å². The summed E-state index contributed by atoms with van der Waals surface area (Å²) in [7, 11) is 1.93. The van der Waals surface area contributed by atoms with Crippen molar-refractivity contribution in [3.05, 3.63) is 41.7 Å². The van der Waals surface area contributed by atoms with Crippen molar-refractivity contribution in [2.75, 3.05) is 11.9 Å². The van der Waals surface area contributed by atoms with E-state index in [9.17, 15) is 0 Å². The number of aromatic nitrogens is 2. The van der Waals surface area contributed by atoms with Gasteiger partial charge < -0.3 is 10.1 Å². The fourth-order valence-electron chi connectivity index (χ4n) is 2.08. The summed E-state index contributed by atoms with van der Waals surface area (Å²) in [5, 5.41) is 7.80. The van der Waals surface area contributed by atoms with Crippen molar-refractivity contribution in [2.45, 2.75) is 26.8 Å². The summed E-state index contributed by atoms with van der Waals surface area (Å²) >= 11 is 0. The maximum atomic E-state index is 5.45. The minimum atomic E-state index is 0.235. The SMILES string of the molecule is CCOc1ccc(C(C)Nc2cn(C)nc2C)cc1. The maximum absolute atomic E-state index is 5.45. The lowest BCUT2D eigenvalue weighted by atomic mass is 10.1. The smallest absolute Gasteiger partial charge is 0.119 e. The van der Waals surface area contributed by atoms with Gasteiger partial charge in [0.05, 0.1) is 18.0 Å². The molecule has 1 unspecified atom stereocenters. The molecule has 1 N–H and O–H groups in total. The Balaban J connectivity index is 2.07. The summed E-state index contributed by atoms with van der Waals surface area (Å²) in [6.45, 7) is 6.83. The second kappa shape index (κ2) is 5.78. The molecule has 2 aromatic rings. The van der Waals surface area contributed by atoms with E-state index in [1.807, 2.05) is 43.9 Å². The molecule has 0 aliphatic heterocycles. The van der Waals surface area contributed by atoms with Crippen LogP contribution in [0.25, 0.3) is 0 Å². The maximum Gasteiger partial charge on any atom is 0.119 e. The molecule has 4 nitrogen and oxygen atoms in total. The van der Waals surface area contributed by atoms with Gasteiger partial charge in [0.1, 0.15) is 5.75 Å². The van der Waals surface area contributed by atoms with Gasteiger partial charge >= 0.3 is 0 Å². The number of rotatable bonds is 5. The van der Waals surface area contributed by atoms with E-state index in [-0.39, 0.29) is 6.04 Å². The highest BCUT2D eigenvalue weighted by molar-refractivity contribution is 5.47. The van der Waals surface area contributed by atoms with Crippen LogP contribution in [0.15, 0.2) is 30.5 Å². The van der Waals surface area contributed by atoms with Crippen LogP contribution in [0.1, 0.15) is 31.1 Å². The molecule has 1 heterocycles. The lowest BCUT2D eigenvalue weighted by Crippen LogP contribution is -2.06. The number of hydrogen-bond acceptors (Lipinski definition) is 3. The summed E-state index contributed by atoms with van der Waals surface area (Å²) in [6.07, 6.45) is 2.00. The van der Waals surface area contributed by atoms with E-state index in [1.54, 1.807) is 0 Å². The molecular formula is C15H21N3O. The lowest BCUT2D eigenvalue weighted by molar-refractivity contribution is 0.340. The van der Waals surface area contributed by atoms with Gasteiger partial charge in [-0.15, -0.1) is 0 Å². The highest BCUT2D eigenvalue weighted by atomic mass is 16.5. The van der Waals surface area contributed by atoms with Crippen LogP contribution in [-0.2, 0) is 7.05 Å². The minimum absolute atomic E-state index is 0.235. The molecule has 0 saturated carbocycles. The first-order chi connectivity index (χ1) is 9.10. The van der Waals surface area contributed by atoms with Gasteiger partial charge in [0, 0.05) is 19.3 Å². The van der Waals surface area contributed by atoms with Gasteiger partial charge in [0.2, 0.25) is 0 Å². The summed E-state index contributed by atoms with van der Waals surface area (Å²) in [5.41, 5.74) is 3.32.